The molecule has 7 rings (SSSR count). The molecule has 2 heterocycles. The molecule has 0 N–H and O–H groups in total. The molecule has 0 fully saturated rings. The van der Waals surface area contributed by atoms with Crippen LogP contribution in [-0.4, -0.2) is 15.0 Å². The van der Waals surface area contributed by atoms with Crippen molar-refractivity contribution < 1.29 is 0 Å². The molecule has 0 amide bonds. The van der Waals surface area contributed by atoms with Crippen LogP contribution < -0.4 is 0 Å². The Balaban J connectivity index is 1.37. The SMILES string of the molecule is c1ccc(-c2ccc3c(c2)sc2cc(-c4nc(-c5ccccc5)nc(-c5ccccc5)n4)ccc23)cc1. The number of nitrogens with zero attached hydrogens (tertiary/aromatic N) is 3. The lowest BCUT2D eigenvalue weighted by Gasteiger charge is -2.08. The second-order valence-electron chi connectivity index (χ2n) is 8.93. The highest BCUT2D eigenvalue weighted by molar-refractivity contribution is 7.25. The number of hydrogen-bond acceptors (Lipinski definition) is 4. The van der Waals surface area contributed by atoms with Gasteiger partial charge in [0.15, 0.2) is 17.5 Å². The summed E-state index contributed by atoms with van der Waals surface area (Å²) >= 11 is 1.81. The number of rotatable bonds is 4. The lowest BCUT2D eigenvalue weighted by molar-refractivity contribution is 1.07. The number of fused-ring (bicyclic) bond motifs is 3. The molecular weight excluding hydrogens is 470 g/mol. The van der Waals surface area contributed by atoms with E-state index in [4.69, 9.17) is 15.0 Å². The summed E-state index contributed by atoms with van der Waals surface area (Å²) in [5.41, 5.74) is 5.39. The quantitative estimate of drug-likeness (QED) is 0.247. The summed E-state index contributed by atoms with van der Waals surface area (Å²) in [7, 11) is 0. The molecule has 0 spiro atoms. The van der Waals surface area contributed by atoms with Gasteiger partial charge in [0, 0.05) is 36.9 Å². The Morgan fingerprint density at radius 3 is 1.27 bits per heavy atom. The van der Waals surface area contributed by atoms with Crippen molar-refractivity contribution >= 4 is 31.5 Å². The standard InChI is InChI=1S/C33H21N3S/c1-4-10-22(11-5-1)25-16-18-27-28-19-17-26(21-30(28)37-29(27)20-25)33-35-31(23-12-6-2-7-13-23)34-32(36-33)24-14-8-3-9-15-24/h1-21H. The molecule has 3 nitrogen and oxygen atoms in total. The van der Waals surface area contributed by atoms with Crippen LogP contribution in [0, 0.1) is 0 Å². The molecule has 0 bridgehead atoms. The van der Waals surface area contributed by atoms with E-state index in [-0.39, 0.29) is 0 Å². The highest BCUT2D eigenvalue weighted by Crippen LogP contribution is 2.38. The first-order valence-corrected chi connectivity index (χ1v) is 13.0. The normalized spacial score (nSPS) is 11.2. The van der Waals surface area contributed by atoms with Crippen LogP contribution in [0.1, 0.15) is 0 Å². The van der Waals surface area contributed by atoms with Crippen molar-refractivity contribution in [1.82, 2.24) is 15.0 Å². The molecule has 4 heteroatoms. The maximum atomic E-state index is 4.90. The summed E-state index contributed by atoms with van der Waals surface area (Å²) in [4.78, 5) is 14.6. The zero-order valence-electron chi connectivity index (χ0n) is 19.9. The van der Waals surface area contributed by atoms with Crippen LogP contribution in [0.4, 0.5) is 0 Å². The van der Waals surface area contributed by atoms with E-state index in [1.54, 1.807) is 0 Å². The number of thiophene rings is 1. The molecule has 0 saturated heterocycles. The van der Waals surface area contributed by atoms with Crippen molar-refractivity contribution in [1.29, 1.82) is 0 Å². The maximum Gasteiger partial charge on any atom is 0.164 e. The predicted octanol–water partition coefficient (Wildman–Crippen LogP) is 8.91. The highest BCUT2D eigenvalue weighted by atomic mass is 32.1. The fourth-order valence-corrected chi connectivity index (χ4v) is 5.85. The van der Waals surface area contributed by atoms with Gasteiger partial charge in [0.2, 0.25) is 0 Å². The minimum Gasteiger partial charge on any atom is -0.208 e. The molecule has 5 aromatic carbocycles. The highest BCUT2D eigenvalue weighted by Gasteiger charge is 2.14. The van der Waals surface area contributed by atoms with E-state index in [0.717, 1.165) is 16.7 Å². The fraction of sp³-hybridized carbons (Fsp3) is 0. The summed E-state index contributed by atoms with van der Waals surface area (Å²) in [5, 5.41) is 2.53. The lowest BCUT2D eigenvalue weighted by atomic mass is 10.0. The summed E-state index contributed by atoms with van der Waals surface area (Å²) in [6.45, 7) is 0. The molecular formula is C33H21N3S. The first kappa shape index (κ1) is 21.6. The Morgan fingerprint density at radius 2 is 0.757 bits per heavy atom. The van der Waals surface area contributed by atoms with Gasteiger partial charge in [0.1, 0.15) is 0 Å². The topological polar surface area (TPSA) is 38.7 Å². The molecule has 0 atom stereocenters. The molecule has 174 valence electrons. The van der Waals surface area contributed by atoms with E-state index in [9.17, 15) is 0 Å². The first-order chi connectivity index (χ1) is 18.3. The first-order valence-electron chi connectivity index (χ1n) is 12.2. The van der Waals surface area contributed by atoms with Gasteiger partial charge in [-0.3, -0.25) is 0 Å². The second-order valence-corrected chi connectivity index (χ2v) is 10.0. The van der Waals surface area contributed by atoms with Crippen LogP contribution in [0.25, 0.3) is 65.5 Å². The molecule has 0 aliphatic rings. The van der Waals surface area contributed by atoms with Crippen molar-refractivity contribution in [3.63, 3.8) is 0 Å². The molecule has 7 aromatic rings. The largest absolute Gasteiger partial charge is 0.208 e. The average Bonchev–Trinajstić information content (AvgIpc) is 3.35. The van der Waals surface area contributed by atoms with Gasteiger partial charge in [0.25, 0.3) is 0 Å². The summed E-state index contributed by atoms with van der Waals surface area (Å²) < 4.78 is 2.50. The van der Waals surface area contributed by atoms with Crippen molar-refractivity contribution in [2.75, 3.05) is 0 Å². The van der Waals surface area contributed by atoms with Crippen molar-refractivity contribution in [3.8, 4) is 45.3 Å². The fourth-order valence-electron chi connectivity index (χ4n) is 4.66. The van der Waals surface area contributed by atoms with Crippen LogP contribution in [-0.2, 0) is 0 Å². The maximum absolute atomic E-state index is 4.90. The molecule has 0 unspecified atom stereocenters. The average molecular weight is 492 g/mol. The third-order valence-corrected chi connectivity index (χ3v) is 7.65. The monoisotopic (exact) mass is 491 g/mol. The molecule has 0 radical (unpaired) electrons. The molecule has 0 aliphatic heterocycles. The Bertz CT molecular complexity index is 1800. The molecule has 37 heavy (non-hydrogen) atoms. The Hall–Kier alpha value is -4.67. The Morgan fingerprint density at radius 1 is 0.351 bits per heavy atom. The van der Waals surface area contributed by atoms with Crippen LogP contribution in [0.3, 0.4) is 0 Å². The minimum atomic E-state index is 0.674. The van der Waals surface area contributed by atoms with Gasteiger partial charge in [-0.1, -0.05) is 115 Å². The van der Waals surface area contributed by atoms with Gasteiger partial charge in [-0.05, 0) is 23.3 Å². The Labute approximate surface area is 218 Å². The molecule has 0 aliphatic carbocycles. The van der Waals surface area contributed by atoms with Gasteiger partial charge in [-0.15, -0.1) is 11.3 Å². The third-order valence-electron chi connectivity index (χ3n) is 6.54. The van der Waals surface area contributed by atoms with Crippen molar-refractivity contribution in [2.24, 2.45) is 0 Å². The van der Waals surface area contributed by atoms with Crippen LogP contribution in [0.5, 0.6) is 0 Å². The summed E-state index contributed by atoms with van der Waals surface area (Å²) in [6.07, 6.45) is 0. The lowest BCUT2D eigenvalue weighted by Crippen LogP contribution is -1.99. The van der Waals surface area contributed by atoms with Crippen LogP contribution >= 0.6 is 11.3 Å². The van der Waals surface area contributed by atoms with Crippen LogP contribution in [0.2, 0.25) is 0 Å². The van der Waals surface area contributed by atoms with E-state index in [1.807, 2.05) is 72.0 Å². The van der Waals surface area contributed by atoms with Crippen molar-refractivity contribution in [2.45, 2.75) is 0 Å². The predicted molar refractivity (Wildman–Crippen MR) is 154 cm³/mol. The number of hydrogen-bond donors (Lipinski definition) is 0. The van der Waals surface area contributed by atoms with Crippen molar-refractivity contribution in [3.05, 3.63) is 127 Å². The number of aromatic nitrogens is 3. The van der Waals surface area contributed by atoms with Gasteiger partial charge in [-0.25, -0.2) is 15.0 Å². The minimum absolute atomic E-state index is 0.674. The third kappa shape index (κ3) is 4.07. The van der Waals surface area contributed by atoms with E-state index < -0.39 is 0 Å². The van der Waals surface area contributed by atoms with E-state index in [0.29, 0.717) is 17.5 Å². The van der Waals surface area contributed by atoms with Gasteiger partial charge >= 0.3 is 0 Å². The zero-order chi connectivity index (χ0) is 24.6. The molecule has 0 saturated carbocycles. The van der Waals surface area contributed by atoms with Gasteiger partial charge in [0.05, 0.1) is 0 Å². The zero-order valence-corrected chi connectivity index (χ0v) is 20.7. The van der Waals surface area contributed by atoms with E-state index in [1.165, 1.54) is 31.3 Å². The van der Waals surface area contributed by atoms with Gasteiger partial charge < -0.3 is 0 Å². The van der Waals surface area contributed by atoms with E-state index >= 15 is 0 Å². The smallest absolute Gasteiger partial charge is 0.164 e. The molecule has 2 aromatic heterocycles. The summed E-state index contributed by atoms with van der Waals surface area (Å²) in [6, 6.07) is 44.0. The Kier molecular flexibility index (Phi) is 5.30. The van der Waals surface area contributed by atoms with Gasteiger partial charge in [-0.2, -0.15) is 0 Å². The van der Waals surface area contributed by atoms with E-state index in [2.05, 4.69) is 66.7 Å². The van der Waals surface area contributed by atoms with Crippen LogP contribution in [0.15, 0.2) is 127 Å². The number of benzene rings is 5. The second kappa shape index (κ2) is 9.08. The summed E-state index contributed by atoms with van der Waals surface area (Å²) in [5.74, 6) is 2.03.